The molecule has 0 aliphatic heterocycles. The van der Waals surface area contributed by atoms with Gasteiger partial charge in [-0.05, 0) is 29.3 Å². The molecule has 150 valence electrons. The van der Waals surface area contributed by atoms with Crippen molar-refractivity contribution in [3.63, 3.8) is 0 Å². The zero-order chi connectivity index (χ0) is 21.5. The monoisotopic (exact) mass is 400 g/mol. The fourth-order valence-corrected chi connectivity index (χ4v) is 2.93. The zero-order valence-corrected chi connectivity index (χ0v) is 16.3. The number of rotatable bonds is 5. The number of nitrogens with one attached hydrogen (secondary N) is 1. The minimum Gasteiger partial charge on any atom is -0.507 e. The van der Waals surface area contributed by atoms with Crippen molar-refractivity contribution in [3.8, 4) is 22.6 Å². The lowest BCUT2D eigenvalue weighted by atomic mass is 9.96. The van der Waals surface area contributed by atoms with Crippen molar-refractivity contribution < 1.29 is 14.6 Å². The zero-order valence-electron chi connectivity index (χ0n) is 16.3. The highest BCUT2D eigenvalue weighted by atomic mass is 16.5. The van der Waals surface area contributed by atoms with Crippen LogP contribution in [0.2, 0.25) is 0 Å². The maximum atomic E-state index is 12.9. The second-order valence-corrected chi connectivity index (χ2v) is 6.34. The van der Waals surface area contributed by atoms with E-state index in [0.29, 0.717) is 11.1 Å². The van der Waals surface area contributed by atoms with Gasteiger partial charge in [0, 0.05) is 5.56 Å². The van der Waals surface area contributed by atoms with E-state index in [0.717, 1.165) is 11.3 Å². The quantitative estimate of drug-likeness (QED) is 0.344. The summed E-state index contributed by atoms with van der Waals surface area (Å²) in [5.41, 5.74) is 7.96. The molecule has 0 fully saturated rings. The molecule has 3 aromatic carbocycles. The molecule has 3 aromatic rings. The molecule has 0 unspecified atom stereocenters. The average Bonchev–Trinajstić information content (AvgIpc) is 2.78. The number of benzene rings is 3. The molecule has 30 heavy (non-hydrogen) atoms. The number of nitrogens with zero attached hydrogens (tertiary/aromatic N) is 2. The largest absolute Gasteiger partial charge is 0.507 e. The number of phenols is 1. The Kier molecular flexibility index (Phi) is 6.30. The molecular formula is C23H20N4O3. The summed E-state index contributed by atoms with van der Waals surface area (Å²) in [5.74, 6) is -0.260. The Morgan fingerprint density at radius 2 is 1.83 bits per heavy atom. The predicted octanol–water partition coefficient (Wildman–Crippen LogP) is 3.86. The van der Waals surface area contributed by atoms with Gasteiger partial charge < -0.3 is 15.6 Å². The van der Waals surface area contributed by atoms with Crippen LogP contribution in [0.5, 0.6) is 11.5 Å². The van der Waals surface area contributed by atoms with Gasteiger partial charge in [-0.15, -0.1) is 0 Å². The standard InChI is InChI=1S/C23H20N4O3/c1-25-18-12-13-19(28)21(20(18)16-6-4-3-5-7-16)22(29)27-23(24)26-14-15-8-10-17(30-2)11-9-15/h3-13,28H,14H2,2H3,(H3,24,26,27,29). The van der Waals surface area contributed by atoms with Crippen LogP contribution in [0.15, 0.2) is 71.7 Å². The first-order chi connectivity index (χ1) is 14.5. The fourth-order valence-electron chi connectivity index (χ4n) is 2.93. The summed E-state index contributed by atoms with van der Waals surface area (Å²) in [6, 6.07) is 19.0. The van der Waals surface area contributed by atoms with E-state index in [1.54, 1.807) is 43.5 Å². The summed E-state index contributed by atoms with van der Waals surface area (Å²) in [5, 5.41) is 12.8. The molecule has 0 saturated carbocycles. The van der Waals surface area contributed by atoms with Crippen molar-refractivity contribution >= 4 is 17.6 Å². The topological polar surface area (TPSA) is 101 Å². The Balaban J connectivity index is 1.86. The maximum absolute atomic E-state index is 12.9. The van der Waals surface area contributed by atoms with E-state index in [-0.39, 0.29) is 29.5 Å². The molecular weight excluding hydrogens is 380 g/mol. The number of aliphatic imine (C=N–C) groups is 1. The average molecular weight is 400 g/mol. The van der Waals surface area contributed by atoms with E-state index in [4.69, 9.17) is 17.0 Å². The number of phenolic OH excluding ortho intramolecular Hbond substituents is 1. The smallest absolute Gasteiger partial charge is 0.261 e. The van der Waals surface area contributed by atoms with Gasteiger partial charge in [0.15, 0.2) is 11.6 Å². The van der Waals surface area contributed by atoms with Gasteiger partial charge in [0.2, 0.25) is 0 Å². The van der Waals surface area contributed by atoms with Crippen LogP contribution in [0.25, 0.3) is 16.0 Å². The van der Waals surface area contributed by atoms with Gasteiger partial charge in [-0.25, -0.2) is 9.84 Å². The summed E-state index contributed by atoms with van der Waals surface area (Å²) in [7, 11) is 1.59. The van der Waals surface area contributed by atoms with Crippen LogP contribution in [0.3, 0.4) is 0 Å². The van der Waals surface area contributed by atoms with Gasteiger partial charge in [-0.2, -0.15) is 0 Å². The molecule has 7 heteroatoms. The summed E-state index contributed by atoms with van der Waals surface area (Å²) < 4.78 is 5.11. The van der Waals surface area contributed by atoms with E-state index in [1.165, 1.54) is 12.1 Å². The van der Waals surface area contributed by atoms with Crippen LogP contribution in [0, 0.1) is 6.57 Å². The van der Waals surface area contributed by atoms with E-state index >= 15 is 0 Å². The highest BCUT2D eigenvalue weighted by Gasteiger charge is 2.21. The third-order valence-electron chi connectivity index (χ3n) is 4.40. The molecule has 4 N–H and O–H groups in total. The van der Waals surface area contributed by atoms with Crippen LogP contribution in [-0.2, 0) is 6.54 Å². The molecule has 0 atom stereocenters. The first-order valence-corrected chi connectivity index (χ1v) is 9.06. The molecule has 0 radical (unpaired) electrons. The van der Waals surface area contributed by atoms with Gasteiger partial charge in [-0.3, -0.25) is 10.1 Å². The summed E-state index contributed by atoms with van der Waals surface area (Å²) in [6.07, 6.45) is 0. The molecule has 0 aliphatic carbocycles. The second-order valence-electron chi connectivity index (χ2n) is 6.34. The van der Waals surface area contributed by atoms with Crippen LogP contribution >= 0.6 is 0 Å². The molecule has 0 bridgehead atoms. The fraction of sp³-hybridized carbons (Fsp3) is 0.0870. The van der Waals surface area contributed by atoms with Gasteiger partial charge >= 0.3 is 0 Å². The Hall–Kier alpha value is -4.31. The molecule has 1 amide bonds. The molecule has 0 heterocycles. The number of aromatic hydroxyl groups is 1. The van der Waals surface area contributed by atoms with Crippen LogP contribution < -0.4 is 15.8 Å². The van der Waals surface area contributed by atoms with Crippen molar-refractivity contribution in [1.82, 2.24) is 5.32 Å². The lowest BCUT2D eigenvalue weighted by Crippen LogP contribution is -2.37. The van der Waals surface area contributed by atoms with Crippen molar-refractivity contribution in [1.29, 1.82) is 0 Å². The number of carbonyl (C=O) groups excluding carboxylic acids is 1. The van der Waals surface area contributed by atoms with Crippen LogP contribution in [0.4, 0.5) is 5.69 Å². The number of nitrogens with two attached hydrogens (primary N) is 1. The van der Waals surface area contributed by atoms with Gasteiger partial charge in [-0.1, -0.05) is 48.5 Å². The normalized spacial score (nSPS) is 10.9. The third kappa shape index (κ3) is 4.56. The Morgan fingerprint density at radius 1 is 1.13 bits per heavy atom. The molecule has 0 spiro atoms. The first-order valence-electron chi connectivity index (χ1n) is 9.06. The van der Waals surface area contributed by atoms with E-state index < -0.39 is 5.91 Å². The Morgan fingerprint density at radius 3 is 2.47 bits per heavy atom. The molecule has 0 aromatic heterocycles. The second kappa shape index (κ2) is 9.26. The van der Waals surface area contributed by atoms with Gasteiger partial charge in [0.25, 0.3) is 5.91 Å². The highest BCUT2D eigenvalue weighted by Crippen LogP contribution is 2.38. The Labute approximate surface area is 174 Å². The van der Waals surface area contributed by atoms with Gasteiger partial charge in [0.1, 0.15) is 11.5 Å². The lowest BCUT2D eigenvalue weighted by Gasteiger charge is -2.14. The van der Waals surface area contributed by atoms with Crippen LogP contribution in [0.1, 0.15) is 15.9 Å². The molecule has 0 saturated heterocycles. The molecule has 7 nitrogen and oxygen atoms in total. The maximum Gasteiger partial charge on any atom is 0.261 e. The minimum atomic E-state index is -0.646. The first kappa shape index (κ1) is 20.4. The van der Waals surface area contributed by atoms with Crippen molar-refractivity contribution in [3.05, 3.63) is 89.3 Å². The number of hydrogen-bond acceptors (Lipinski definition) is 4. The predicted molar refractivity (Wildman–Crippen MR) is 116 cm³/mol. The number of carbonyl (C=O) groups is 1. The summed E-state index contributed by atoms with van der Waals surface area (Å²) >= 11 is 0. The third-order valence-corrected chi connectivity index (χ3v) is 4.40. The number of amides is 1. The SMILES string of the molecule is [C-]#[N+]c1ccc(O)c(C(=O)NC(N)=NCc2ccc(OC)cc2)c1-c1ccccc1. The molecule has 3 rings (SSSR count). The van der Waals surface area contributed by atoms with Crippen molar-refractivity contribution in [2.24, 2.45) is 10.7 Å². The van der Waals surface area contributed by atoms with E-state index in [1.807, 2.05) is 18.2 Å². The van der Waals surface area contributed by atoms with Crippen molar-refractivity contribution in [2.75, 3.05) is 7.11 Å². The highest BCUT2D eigenvalue weighted by molar-refractivity contribution is 6.12. The summed E-state index contributed by atoms with van der Waals surface area (Å²) in [4.78, 5) is 20.5. The minimum absolute atomic E-state index is 0.0303. The number of guanidine groups is 1. The van der Waals surface area contributed by atoms with E-state index in [2.05, 4.69) is 15.2 Å². The van der Waals surface area contributed by atoms with Gasteiger partial charge in [0.05, 0.1) is 25.8 Å². The molecule has 0 aliphatic rings. The number of methoxy groups -OCH3 is 1. The number of ether oxygens (including phenoxy) is 1. The van der Waals surface area contributed by atoms with E-state index in [9.17, 15) is 9.90 Å². The van der Waals surface area contributed by atoms with Crippen molar-refractivity contribution in [2.45, 2.75) is 6.54 Å². The number of hydrogen-bond donors (Lipinski definition) is 3. The lowest BCUT2D eigenvalue weighted by molar-refractivity contribution is 0.0974. The Bertz CT molecular complexity index is 1120. The summed E-state index contributed by atoms with van der Waals surface area (Å²) in [6.45, 7) is 7.69. The van der Waals surface area contributed by atoms with Crippen LogP contribution in [-0.4, -0.2) is 24.1 Å².